The van der Waals surface area contributed by atoms with Crippen molar-refractivity contribution >= 4 is 59.1 Å². The molecular weight excluding hydrogens is 449 g/mol. The highest BCUT2D eigenvalue weighted by molar-refractivity contribution is 9.10. The van der Waals surface area contributed by atoms with E-state index >= 15 is 0 Å². The van der Waals surface area contributed by atoms with Crippen LogP contribution in [0.3, 0.4) is 0 Å². The summed E-state index contributed by atoms with van der Waals surface area (Å²) in [6.45, 7) is -0.313. The van der Waals surface area contributed by atoms with Crippen molar-refractivity contribution in [2.24, 2.45) is 0 Å². The maximum absolute atomic E-state index is 13.6. The second-order valence-electron chi connectivity index (χ2n) is 6.06. The van der Waals surface area contributed by atoms with Gasteiger partial charge in [0.25, 0.3) is 0 Å². The standard InChI is InChI=1S/C15H15BrFN3O4S2/c1-26(23,24)13(14(22)18-6-12(21)19-7-2-3-7)15-20-10-5-9(17)8(16)4-11(10)25-15/h4-5,7,13H,2-3,6H2,1H3,(H,18,22)(H,19,21). The van der Waals surface area contributed by atoms with Gasteiger partial charge >= 0.3 is 0 Å². The molecule has 140 valence electrons. The molecule has 26 heavy (non-hydrogen) atoms. The lowest BCUT2D eigenvalue weighted by atomic mass is 10.3. The van der Waals surface area contributed by atoms with Crippen LogP contribution in [-0.4, -0.2) is 44.1 Å². The van der Waals surface area contributed by atoms with E-state index in [1.807, 2.05) is 0 Å². The van der Waals surface area contributed by atoms with Crippen LogP contribution in [0.2, 0.25) is 0 Å². The predicted octanol–water partition coefficient (Wildman–Crippen LogP) is 1.68. The average Bonchev–Trinajstić information content (AvgIpc) is 3.24. The number of carbonyl (C=O) groups excluding carboxylic acids is 2. The molecule has 0 radical (unpaired) electrons. The molecule has 2 aromatic rings. The van der Waals surface area contributed by atoms with E-state index < -0.39 is 26.8 Å². The number of halogens is 2. The van der Waals surface area contributed by atoms with Crippen LogP contribution in [-0.2, 0) is 19.4 Å². The quantitative estimate of drug-likeness (QED) is 0.677. The molecule has 1 aliphatic rings. The summed E-state index contributed by atoms with van der Waals surface area (Å²) in [7, 11) is -3.84. The van der Waals surface area contributed by atoms with E-state index in [-0.39, 0.29) is 33.5 Å². The molecule has 2 N–H and O–H groups in total. The summed E-state index contributed by atoms with van der Waals surface area (Å²) in [5.41, 5.74) is 0.263. The Labute approximate surface area is 161 Å². The third-order valence-electron chi connectivity index (χ3n) is 3.70. The van der Waals surface area contributed by atoms with Gasteiger partial charge < -0.3 is 10.6 Å². The van der Waals surface area contributed by atoms with Crippen LogP contribution >= 0.6 is 27.3 Å². The predicted molar refractivity (Wildman–Crippen MR) is 99.0 cm³/mol. The van der Waals surface area contributed by atoms with Crippen LogP contribution in [0.4, 0.5) is 4.39 Å². The van der Waals surface area contributed by atoms with Crippen molar-refractivity contribution in [1.29, 1.82) is 0 Å². The van der Waals surface area contributed by atoms with Gasteiger partial charge in [-0.05, 0) is 34.8 Å². The van der Waals surface area contributed by atoms with Gasteiger partial charge in [0.05, 0.1) is 21.2 Å². The van der Waals surface area contributed by atoms with E-state index in [4.69, 9.17) is 0 Å². The average molecular weight is 464 g/mol. The SMILES string of the molecule is CS(=O)(=O)C(C(=O)NCC(=O)NC1CC1)c1nc2cc(F)c(Br)cc2s1. The van der Waals surface area contributed by atoms with Gasteiger partial charge in [0.1, 0.15) is 10.8 Å². The molecule has 1 heterocycles. The molecule has 0 spiro atoms. The first-order valence-electron chi connectivity index (χ1n) is 7.66. The Balaban J connectivity index is 1.83. The highest BCUT2D eigenvalue weighted by atomic mass is 79.9. The first-order valence-corrected chi connectivity index (χ1v) is 11.2. The fourth-order valence-corrected chi connectivity index (χ4v) is 5.33. The molecule has 1 aromatic heterocycles. The minimum absolute atomic E-state index is 0.0279. The number of sulfone groups is 1. The molecule has 0 bridgehead atoms. The summed E-state index contributed by atoms with van der Waals surface area (Å²) in [6, 6.07) is 2.79. The molecular formula is C15H15BrFN3O4S2. The van der Waals surface area contributed by atoms with Crippen LogP contribution in [0.25, 0.3) is 10.2 Å². The zero-order valence-corrected chi connectivity index (χ0v) is 16.8. The van der Waals surface area contributed by atoms with Gasteiger partial charge in [-0.1, -0.05) is 0 Å². The summed E-state index contributed by atoms with van der Waals surface area (Å²) < 4.78 is 38.7. The normalized spacial score (nSPS) is 15.7. The molecule has 1 fully saturated rings. The lowest BCUT2D eigenvalue weighted by molar-refractivity contribution is -0.126. The number of benzene rings is 1. The van der Waals surface area contributed by atoms with Crippen molar-refractivity contribution in [2.75, 3.05) is 12.8 Å². The topological polar surface area (TPSA) is 105 Å². The second-order valence-corrected chi connectivity index (χ2v) is 10.1. The van der Waals surface area contributed by atoms with Gasteiger partial charge in [-0.2, -0.15) is 0 Å². The Morgan fingerprint density at radius 3 is 2.73 bits per heavy atom. The summed E-state index contributed by atoms with van der Waals surface area (Å²) in [4.78, 5) is 28.2. The largest absolute Gasteiger partial charge is 0.352 e. The summed E-state index contributed by atoms with van der Waals surface area (Å²) in [5.74, 6) is -1.74. The molecule has 0 aliphatic heterocycles. The van der Waals surface area contributed by atoms with Crippen molar-refractivity contribution < 1.29 is 22.4 Å². The Morgan fingerprint density at radius 2 is 2.12 bits per heavy atom. The third-order valence-corrected chi connectivity index (χ3v) is 6.84. The molecule has 2 amide bonds. The van der Waals surface area contributed by atoms with Gasteiger partial charge in [-0.15, -0.1) is 11.3 Å². The molecule has 7 nitrogen and oxygen atoms in total. The number of thiazole rings is 1. The van der Waals surface area contributed by atoms with Gasteiger partial charge in [-0.25, -0.2) is 17.8 Å². The van der Waals surface area contributed by atoms with Crippen molar-refractivity contribution in [3.8, 4) is 0 Å². The van der Waals surface area contributed by atoms with Crippen LogP contribution in [0.1, 0.15) is 23.1 Å². The fourth-order valence-electron chi connectivity index (χ4n) is 2.31. The van der Waals surface area contributed by atoms with Crippen molar-refractivity contribution in [3.05, 3.63) is 27.4 Å². The van der Waals surface area contributed by atoms with Gasteiger partial charge in [-0.3, -0.25) is 9.59 Å². The Morgan fingerprint density at radius 1 is 1.42 bits per heavy atom. The minimum atomic E-state index is -3.84. The zero-order valence-electron chi connectivity index (χ0n) is 13.6. The molecule has 1 atom stereocenters. The Bertz CT molecular complexity index is 949. The van der Waals surface area contributed by atoms with Gasteiger partial charge in [0, 0.05) is 18.4 Å². The summed E-state index contributed by atoms with van der Waals surface area (Å²) in [6.07, 6.45) is 2.73. The molecule has 11 heteroatoms. The molecule has 1 saturated carbocycles. The minimum Gasteiger partial charge on any atom is -0.352 e. The number of nitrogens with one attached hydrogen (secondary N) is 2. The number of carbonyl (C=O) groups is 2. The van der Waals surface area contributed by atoms with Crippen molar-refractivity contribution in [2.45, 2.75) is 24.1 Å². The van der Waals surface area contributed by atoms with E-state index in [0.717, 1.165) is 30.4 Å². The van der Waals surface area contributed by atoms with E-state index in [2.05, 4.69) is 31.5 Å². The molecule has 3 rings (SSSR count). The number of rotatable bonds is 6. The highest BCUT2D eigenvalue weighted by Crippen LogP contribution is 2.33. The van der Waals surface area contributed by atoms with Crippen molar-refractivity contribution in [3.63, 3.8) is 0 Å². The lowest BCUT2D eigenvalue weighted by Gasteiger charge is -2.12. The highest BCUT2D eigenvalue weighted by Gasteiger charge is 2.34. The first-order chi connectivity index (χ1) is 12.1. The number of hydrogen-bond acceptors (Lipinski definition) is 6. The molecule has 0 saturated heterocycles. The summed E-state index contributed by atoms with van der Waals surface area (Å²) >= 11 is 4.05. The number of aromatic nitrogens is 1. The number of nitrogens with zero attached hydrogens (tertiary/aromatic N) is 1. The lowest BCUT2D eigenvalue weighted by Crippen LogP contribution is -2.41. The summed E-state index contributed by atoms with van der Waals surface area (Å²) in [5, 5.41) is 3.51. The fraction of sp³-hybridized carbons (Fsp3) is 0.400. The van der Waals surface area contributed by atoms with Crippen molar-refractivity contribution in [1.82, 2.24) is 15.6 Å². The molecule has 1 aliphatic carbocycles. The maximum Gasteiger partial charge on any atom is 0.245 e. The molecule has 1 aromatic carbocycles. The van der Waals surface area contributed by atoms with Crippen LogP contribution in [0.15, 0.2) is 16.6 Å². The Kier molecular flexibility index (Phi) is 5.31. The number of hydrogen-bond donors (Lipinski definition) is 2. The smallest absolute Gasteiger partial charge is 0.245 e. The zero-order chi connectivity index (χ0) is 19.1. The Hall–Kier alpha value is -1.59. The van der Waals surface area contributed by atoms with Gasteiger partial charge in [0.2, 0.25) is 11.8 Å². The van der Waals surface area contributed by atoms with Crippen LogP contribution in [0.5, 0.6) is 0 Å². The van der Waals surface area contributed by atoms with Gasteiger partial charge in [0.15, 0.2) is 15.1 Å². The van der Waals surface area contributed by atoms with E-state index in [9.17, 15) is 22.4 Å². The second kappa shape index (κ2) is 7.20. The monoisotopic (exact) mass is 463 g/mol. The van der Waals surface area contributed by atoms with E-state index in [1.165, 1.54) is 12.1 Å². The number of fused-ring (bicyclic) bond motifs is 1. The first kappa shape index (κ1) is 19.2. The third kappa shape index (κ3) is 4.38. The van der Waals surface area contributed by atoms with Crippen LogP contribution < -0.4 is 10.6 Å². The van der Waals surface area contributed by atoms with E-state index in [0.29, 0.717) is 4.70 Å². The maximum atomic E-state index is 13.6. The number of amides is 2. The van der Waals surface area contributed by atoms with Crippen LogP contribution in [0, 0.1) is 5.82 Å². The van der Waals surface area contributed by atoms with E-state index in [1.54, 1.807) is 0 Å². The molecule has 1 unspecified atom stereocenters.